The van der Waals surface area contributed by atoms with Gasteiger partial charge >= 0.3 is 0 Å². The van der Waals surface area contributed by atoms with Gasteiger partial charge in [-0.15, -0.1) is 0 Å². The van der Waals surface area contributed by atoms with Crippen molar-refractivity contribution in [3.63, 3.8) is 0 Å². The Bertz CT molecular complexity index is 459. The molecule has 0 bridgehead atoms. The molecule has 2 rings (SSSR count). The first-order chi connectivity index (χ1) is 7.20. The lowest BCUT2D eigenvalue weighted by Gasteiger charge is -2.16. The van der Waals surface area contributed by atoms with Gasteiger partial charge in [0.05, 0.1) is 0 Å². The van der Waals surface area contributed by atoms with E-state index in [9.17, 15) is 0 Å². The van der Waals surface area contributed by atoms with Crippen LogP contribution in [0.5, 0.6) is 0 Å². The summed E-state index contributed by atoms with van der Waals surface area (Å²) in [4.78, 5) is 0. The average Bonchev–Trinajstić information content (AvgIpc) is 2.23. The fourth-order valence-corrected chi connectivity index (χ4v) is 1.95. The zero-order valence-corrected chi connectivity index (χ0v) is 9.38. The van der Waals surface area contributed by atoms with Gasteiger partial charge in [0.25, 0.3) is 0 Å². The quantitative estimate of drug-likeness (QED) is 0.628. The Kier molecular flexibility index (Phi) is 2.59. The van der Waals surface area contributed by atoms with Gasteiger partial charge in [-0.2, -0.15) is 0 Å². The van der Waals surface area contributed by atoms with Gasteiger partial charge in [0.1, 0.15) is 0 Å². The van der Waals surface area contributed by atoms with E-state index in [1.54, 1.807) is 0 Å². The highest BCUT2D eigenvalue weighted by Crippen LogP contribution is 2.31. The molecule has 1 aromatic carbocycles. The molecule has 0 nitrogen and oxygen atoms in total. The predicted molar refractivity (Wildman–Crippen MR) is 66.7 cm³/mol. The lowest BCUT2D eigenvalue weighted by atomic mass is 9.88. The molecule has 0 spiro atoms. The van der Waals surface area contributed by atoms with Gasteiger partial charge in [0.2, 0.25) is 0 Å². The monoisotopic (exact) mass is 196 g/mol. The zero-order valence-electron chi connectivity index (χ0n) is 9.38. The minimum absolute atomic E-state index is 0.987. The van der Waals surface area contributed by atoms with Crippen LogP contribution < -0.4 is 0 Å². The maximum Gasteiger partial charge on any atom is -0.00971 e. The van der Waals surface area contributed by atoms with Crippen LogP contribution in [0.4, 0.5) is 0 Å². The number of hydrogen-bond donors (Lipinski definition) is 0. The fourth-order valence-electron chi connectivity index (χ4n) is 1.95. The van der Waals surface area contributed by atoms with Crippen molar-refractivity contribution in [2.24, 2.45) is 0 Å². The maximum atomic E-state index is 4.09. The average molecular weight is 196 g/mol. The normalized spacial score (nSPS) is 16.0. The van der Waals surface area contributed by atoms with Crippen LogP contribution in [0.2, 0.25) is 0 Å². The molecule has 0 saturated heterocycles. The molecule has 76 valence electrons. The van der Waals surface area contributed by atoms with Crippen LogP contribution in [0, 0.1) is 6.92 Å². The van der Waals surface area contributed by atoms with Crippen molar-refractivity contribution in [2.75, 3.05) is 0 Å². The smallest absolute Gasteiger partial charge is 0.00971 e. The highest BCUT2D eigenvalue weighted by Gasteiger charge is 2.10. The third-order valence-electron chi connectivity index (χ3n) is 3.02. The summed E-state index contributed by atoms with van der Waals surface area (Å²) < 4.78 is 0. The molecular formula is C15H16. The summed E-state index contributed by atoms with van der Waals surface area (Å²) >= 11 is 0. The Morgan fingerprint density at radius 3 is 2.60 bits per heavy atom. The Morgan fingerprint density at radius 2 is 1.87 bits per heavy atom. The number of rotatable bonds is 1. The second kappa shape index (κ2) is 3.90. The highest BCUT2D eigenvalue weighted by molar-refractivity contribution is 5.82. The third-order valence-corrected chi connectivity index (χ3v) is 3.02. The maximum absolute atomic E-state index is 4.09. The van der Waals surface area contributed by atoms with E-state index >= 15 is 0 Å². The van der Waals surface area contributed by atoms with Gasteiger partial charge in [-0.1, -0.05) is 43.0 Å². The largest absolute Gasteiger partial charge is 0.0952 e. The molecule has 0 aliphatic heterocycles. The first kappa shape index (κ1) is 9.97. The third kappa shape index (κ3) is 1.80. The SMILES string of the molecule is C=C1CC=CC(c2ccccc2C)=C1C. The van der Waals surface area contributed by atoms with E-state index in [0.717, 1.165) is 6.42 Å². The summed E-state index contributed by atoms with van der Waals surface area (Å²) in [5.41, 5.74) is 6.53. The van der Waals surface area contributed by atoms with Crippen molar-refractivity contribution < 1.29 is 0 Å². The molecule has 1 aliphatic carbocycles. The fraction of sp³-hybridized carbons (Fsp3) is 0.200. The van der Waals surface area contributed by atoms with Crippen LogP contribution in [0.3, 0.4) is 0 Å². The molecule has 0 heterocycles. The second-order valence-electron chi connectivity index (χ2n) is 4.06. The number of aryl methyl sites for hydroxylation is 1. The van der Waals surface area contributed by atoms with Crippen LogP contribution in [-0.4, -0.2) is 0 Å². The molecule has 0 radical (unpaired) electrons. The Balaban J connectivity index is 2.56. The minimum atomic E-state index is 0.987. The van der Waals surface area contributed by atoms with E-state index in [4.69, 9.17) is 0 Å². The van der Waals surface area contributed by atoms with Crippen molar-refractivity contribution in [1.29, 1.82) is 0 Å². The molecule has 0 fully saturated rings. The van der Waals surface area contributed by atoms with Crippen LogP contribution >= 0.6 is 0 Å². The summed E-state index contributed by atoms with van der Waals surface area (Å²) in [7, 11) is 0. The van der Waals surface area contributed by atoms with Crippen molar-refractivity contribution in [3.05, 3.63) is 65.3 Å². The lowest BCUT2D eigenvalue weighted by Crippen LogP contribution is -1.96. The highest BCUT2D eigenvalue weighted by atomic mass is 14.1. The first-order valence-electron chi connectivity index (χ1n) is 5.31. The molecule has 0 aromatic heterocycles. The van der Waals surface area contributed by atoms with E-state index in [0.29, 0.717) is 0 Å². The van der Waals surface area contributed by atoms with E-state index in [-0.39, 0.29) is 0 Å². The lowest BCUT2D eigenvalue weighted by molar-refractivity contribution is 1.20. The Labute approximate surface area is 91.6 Å². The van der Waals surface area contributed by atoms with E-state index in [2.05, 4.69) is 56.8 Å². The van der Waals surface area contributed by atoms with Crippen molar-refractivity contribution in [3.8, 4) is 0 Å². The Hall–Kier alpha value is -1.56. The van der Waals surface area contributed by atoms with Crippen LogP contribution in [-0.2, 0) is 0 Å². The van der Waals surface area contributed by atoms with Gasteiger partial charge in [0, 0.05) is 0 Å². The van der Waals surface area contributed by atoms with E-state index < -0.39 is 0 Å². The van der Waals surface area contributed by atoms with E-state index in [1.807, 2.05) is 0 Å². The van der Waals surface area contributed by atoms with Gasteiger partial charge in [-0.3, -0.25) is 0 Å². The first-order valence-corrected chi connectivity index (χ1v) is 5.31. The van der Waals surface area contributed by atoms with Crippen LogP contribution in [0.15, 0.2) is 54.1 Å². The van der Waals surface area contributed by atoms with Gasteiger partial charge < -0.3 is 0 Å². The van der Waals surface area contributed by atoms with Crippen LogP contribution in [0.1, 0.15) is 24.5 Å². The molecule has 0 heteroatoms. The summed E-state index contributed by atoms with van der Waals surface area (Å²) in [6, 6.07) is 8.50. The molecule has 0 saturated carbocycles. The van der Waals surface area contributed by atoms with Crippen LogP contribution in [0.25, 0.3) is 5.57 Å². The molecule has 0 amide bonds. The topological polar surface area (TPSA) is 0 Å². The zero-order chi connectivity index (χ0) is 10.8. The minimum Gasteiger partial charge on any atom is -0.0952 e. The van der Waals surface area contributed by atoms with Gasteiger partial charge in [-0.25, -0.2) is 0 Å². The molecule has 15 heavy (non-hydrogen) atoms. The molecule has 1 aliphatic rings. The van der Waals surface area contributed by atoms with Crippen molar-refractivity contribution >= 4 is 5.57 Å². The van der Waals surface area contributed by atoms with Gasteiger partial charge in [0.15, 0.2) is 0 Å². The van der Waals surface area contributed by atoms with E-state index in [1.165, 1.54) is 27.8 Å². The number of hydrogen-bond acceptors (Lipinski definition) is 0. The standard InChI is InChI=1S/C15H16/c1-11-8-6-10-15(13(11)3)14-9-5-4-7-12(14)2/h4-7,9-10H,1,8H2,2-3H3. The van der Waals surface area contributed by atoms with Crippen molar-refractivity contribution in [2.45, 2.75) is 20.3 Å². The number of allylic oxidation sites excluding steroid dienone is 5. The predicted octanol–water partition coefficient (Wildman–Crippen LogP) is 4.28. The summed E-state index contributed by atoms with van der Waals surface area (Å²) in [5, 5.41) is 0. The molecule has 0 unspecified atom stereocenters. The summed E-state index contributed by atoms with van der Waals surface area (Å²) in [5.74, 6) is 0. The second-order valence-corrected chi connectivity index (χ2v) is 4.06. The Morgan fingerprint density at radius 1 is 1.13 bits per heavy atom. The summed E-state index contributed by atoms with van der Waals surface area (Å²) in [6.45, 7) is 8.41. The summed E-state index contributed by atoms with van der Waals surface area (Å²) in [6.07, 6.45) is 5.39. The molecule has 0 N–H and O–H groups in total. The molecule has 0 atom stereocenters. The molecule has 1 aromatic rings. The number of benzene rings is 1. The molecular weight excluding hydrogens is 180 g/mol. The van der Waals surface area contributed by atoms with Crippen molar-refractivity contribution in [1.82, 2.24) is 0 Å². The van der Waals surface area contributed by atoms with Gasteiger partial charge in [-0.05, 0) is 48.1 Å².